The smallest absolute Gasteiger partial charge is 0.274 e. The second-order valence-electron chi connectivity index (χ2n) is 7.12. The van der Waals surface area contributed by atoms with Crippen molar-refractivity contribution in [2.24, 2.45) is 5.92 Å². The van der Waals surface area contributed by atoms with E-state index in [4.69, 9.17) is 27.7 Å². The molecule has 2 fully saturated rings. The molecule has 2 aromatic rings. The Bertz CT molecular complexity index is 804. The molecule has 1 atom stereocenters. The van der Waals surface area contributed by atoms with Gasteiger partial charge in [0.2, 0.25) is 0 Å². The van der Waals surface area contributed by atoms with Crippen molar-refractivity contribution < 1.29 is 9.32 Å². The van der Waals surface area contributed by atoms with E-state index in [1.807, 2.05) is 0 Å². The summed E-state index contributed by atoms with van der Waals surface area (Å²) in [5, 5.41) is 8.05. The number of rotatable bonds is 5. The molecule has 1 saturated carbocycles. The molecule has 1 amide bonds. The maximum Gasteiger partial charge on any atom is 0.274 e. The average molecular weight is 394 g/mol. The summed E-state index contributed by atoms with van der Waals surface area (Å²) in [6.45, 7) is 2.13. The molecule has 1 aliphatic heterocycles. The first-order valence-electron chi connectivity index (χ1n) is 9.07. The third-order valence-electron chi connectivity index (χ3n) is 5.04. The van der Waals surface area contributed by atoms with Crippen LogP contribution in [0.25, 0.3) is 11.3 Å². The molecule has 0 spiro atoms. The number of likely N-dealkylation sites (tertiary alicyclic amines) is 1. The van der Waals surface area contributed by atoms with E-state index in [0.717, 1.165) is 31.8 Å². The van der Waals surface area contributed by atoms with Crippen molar-refractivity contribution in [3.8, 4) is 11.3 Å². The van der Waals surface area contributed by atoms with Crippen LogP contribution in [-0.4, -0.2) is 35.2 Å². The maximum absolute atomic E-state index is 12.6. The molecule has 4 rings (SSSR count). The van der Waals surface area contributed by atoms with Crippen LogP contribution in [0.15, 0.2) is 28.8 Å². The van der Waals surface area contributed by atoms with Gasteiger partial charge in [-0.2, -0.15) is 0 Å². The molecule has 5 nitrogen and oxygen atoms in total. The van der Waals surface area contributed by atoms with Gasteiger partial charge in [-0.3, -0.25) is 9.69 Å². The molecule has 1 aromatic carbocycles. The lowest BCUT2D eigenvalue weighted by Gasteiger charge is -2.36. The van der Waals surface area contributed by atoms with Crippen molar-refractivity contribution in [3.63, 3.8) is 0 Å². The molecule has 1 saturated heterocycles. The number of carbonyl (C=O) groups is 1. The SMILES string of the molecule is O=C(NC1CCCCN1CC1CC1)c1cc(-c2ccc(Cl)cc2Cl)on1. The van der Waals surface area contributed by atoms with Gasteiger partial charge in [0, 0.05) is 29.7 Å². The number of hydrogen-bond acceptors (Lipinski definition) is 4. The van der Waals surface area contributed by atoms with Gasteiger partial charge >= 0.3 is 0 Å². The average Bonchev–Trinajstić information content (AvgIpc) is 3.29. The Balaban J connectivity index is 1.45. The Kier molecular flexibility index (Phi) is 5.20. The Labute approximate surface area is 162 Å². The molecule has 2 heterocycles. The van der Waals surface area contributed by atoms with Gasteiger partial charge in [0.25, 0.3) is 5.91 Å². The number of nitrogens with one attached hydrogen (secondary N) is 1. The Morgan fingerprint density at radius 3 is 2.85 bits per heavy atom. The van der Waals surface area contributed by atoms with Gasteiger partial charge in [0.05, 0.1) is 11.2 Å². The van der Waals surface area contributed by atoms with Crippen LogP contribution in [0.1, 0.15) is 42.6 Å². The van der Waals surface area contributed by atoms with E-state index in [-0.39, 0.29) is 17.8 Å². The lowest BCUT2D eigenvalue weighted by molar-refractivity contribution is 0.0753. The summed E-state index contributed by atoms with van der Waals surface area (Å²) in [6, 6.07) is 6.74. The van der Waals surface area contributed by atoms with Gasteiger partial charge in [0.15, 0.2) is 11.5 Å². The highest BCUT2D eigenvalue weighted by molar-refractivity contribution is 6.36. The molecule has 1 aromatic heterocycles. The van der Waals surface area contributed by atoms with Crippen molar-refractivity contribution in [1.82, 2.24) is 15.4 Å². The molecule has 0 radical (unpaired) electrons. The number of nitrogens with zero attached hydrogens (tertiary/aromatic N) is 2. The Morgan fingerprint density at radius 2 is 2.08 bits per heavy atom. The standard InChI is InChI=1S/C19H21Cl2N3O2/c20-13-6-7-14(15(21)9-13)17-10-16(23-26-17)19(25)22-18-3-1-2-8-24(18)11-12-4-5-12/h6-7,9-10,12,18H,1-5,8,11H2,(H,22,25). The van der Waals surface area contributed by atoms with Crippen molar-refractivity contribution in [2.45, 2.75) is 38.3 Å². The molecule has 1 N–H and O–H groups in total. The predicted molar refractivity (Wildman–Crippen MR) is 101 cm³/mol. The van der Waals surface area contributed by atoms with E-state index in [2.05, 4.69) is 15.4 Å². The van der Waals surface area contributed by atoms with Crippen LogP contribution in [-0.2, 0) is 0 Å². The number of benzene rings is 1. The van der Waals surface area contributed by atoms with Crippen LogP contribution in [0.2, 0.25) is 10.0 Å². The van der Waals surface area contributed by atoms with Crippen molar-refractivity contribution in [1.29, 1.82) is 0 Å². The van der Waals surface area contributed by atoms with Crippen LogP contribution in [0.5, 0.6) is 0 Å². The summed E-state index contributed by atoms with van der Waals surface area (Å²) >= 11 is 12.1. The second kappa shape index (κ2) is 7.59. The summed E-state index contributed by atoms with van der Waals surface area (Å²) in [7, 11) is 0. The van der Waals surface area contributed by atoms with Gasteiger partial charge < -0.3 is 9.84 Å². The fourth-order valence-corrected chi connectivity index (χ4v) is 3.93. The number of halogens is 2. The third-order valence-corrected chi connectivity index (χ3v) is 5.59. The van der Waals surface area contributed by atoms with Gasteiger partial charge in [-0.15, -0.1) is 0 Å². The molecule has 26 heavy (non-hydrogen) atoms. The number of carbonyl (C=O) groups excluding carboxylic acids is 1. The summed E-state index contributed by atoms with van der Waals surface area (Å²) in [5.41, 5.74) is 0.929. The zero-order valence-corrected chi connectivity index (χ0v) is 15.9. The van der Waals surface area contributed by atoms with Crippen LogP contribution in [0.4, 0.5) is 0 Å². The summed E-state index contributed by atoms with van der Waals surface area (Å²) in [6.07, 6.45) is 6.01. The van der Waals surface area contributed by atoms with Crippen LogP contribution < -0.4 is 5.32 Å². The fourth-order valence-electron chi connectivity index (χ4n) is 3.43. The zero-order chi connectivity index (χ0) is 18.1. The van der Waals surface area contributed by atoms with Gasteiger partial charge in [-0.1, -0.05) is 28.4 Å². The first-order chi connectivity index (χ1) is 12.6. The molecule has 138 valence electrons. The Hall–Kier alpha value is -1.56. The molecule has 0 bridgehead atoms. The van der Waals surface area contributed by atoms with Crippen LogP contribution in [0.3, 0.4) is 0 Å². The molecule has 7 heteroatoms. The monoisotopic (exact) mass is 393 g/mol. The number of amides is 1. The maximum atomic E-state index is 12.6. The molecule has 1 aliphatic carbocycles. The van der Waals surface area contributed by atoms with Gasteiger partial charge in [-0.25, -0.2) is 0 Å². The molecule has 2 aliphatic rings. The van der Waals surface area contributed by atoms with E-state index in [1.54, 1.807) is 24.3 Å². The first kappa shape index (κ1) is 17.8. The predicted octanol–water partition coefficient (Wildman–Crippen LogP) is 4.60. The highest BCUT2D eigenvalue weighted by Crippen LogP contribution is 2.32. The molecular formula is C19H21Cl2N3O2. The number of aromatic nitrogens is 1. The minimum Gasteiger partial charge on any atom is -0.355 e. The lowest BCUT2D eigenvalue weighted by Crippen LogP contribution is -2.51. The van der Waals surface area contributed by atoms with Crippen molar-refractivity contribution >= 4 is 29.1 Å². The summed E-state index contributed by atoms with van der Waals surface area (Å²) < 4.78 is 5.33. The highest BCUT2D eigenvalue weighted by atomic mass is 35.5. The first-order valence-corrected chi connectivity index (χ1v) is 9.83. The minimum atomic E-state index is -0.210. The van der Waals surface area contributed by atoms with Crippen molar-refractivity contribution in [2.75, 3.05) is 13.1 Å². The highest BCUT2D eigenvalue weighted by Gasteiger charge is 2.31. The molecular weight excluding hydrogens is 373 g/mol. The van der Waals surface area contributed by atoms with Crippen LogP contribution >= 0.6 is 23.2 Å². The second-order valence-corrected chi connectivity index (χ2v) is 7.97. The summed E-state index contributed by atoms with van der Waals surface area (Å²) in [5.74, 6) is 1.05. The molecule has 1 unspecified atom stereocenters. The van der Waals surface area contributed by atoms with E-state index >= 15 is 0 Å². The van der Waals surface area contributed by atoms with E-state index in [9.17, 15) is 4.79 Å². The lowest BCUT2D eigenvalue weighted by atomic mass is 10.1. The largest absolute Gasteiger partial charge is 0.355 e. The van der Waals surface area contributed by atoms with Gasteiger partial charge in [0.1, 0.15) is 0 Å². The third kappa shape index (κ3) is 4.05. The fraction of sp³-hybridized carbons (Fsp3) is 0.474. The topological polar surface area (TPSA) is 58.4 Å². The van der Waals surface area contributed by atoms with E-state index < -0.39 is 0 Å². The van der Waals surface area contributed by atoms with E-state index in [0.29, 0.717) is 21.4 Å². The van der Waals surface area contributed by atoms with E-state index in [1.165, 1.54) is 19.3 Å². The van der Waals surface area contributed by atoms with Gasteiger partial charge in [-0.05, 0) is 56.2 Å². The minimum absolute atomic E-state index is 0.0797. The van der Waals surface area contributed by atoms with Crippen molar-refractivity contribution in [3.05, 3.63) is 40.0 Å². The van der Waals surface area contributed by atoms with Crippen LogP contribution in [0, 0.1) is 5.92 Å². The number of piperidine rings is 1. The number of hydrogen-bond donors (Lipinski definition) is 1. The normalized spacial score (nSPS) is 20.9. The quantitative estimate of drug-likeness (QED) is 0.805. The zero-order valence-electron chi connectivity index (χ0n) is 14.4. The Morgan fingerprint density at radius 1 is 1.23 bits per heavy atom. The summed E-state index contributed by atoms with van der Waals surface area (Å²) in [4.78, 5) is 15.0.